The van der Waals surface area contributed by atoms with Crippen LogP contribution in [0.25, 0.3) is 0 Å². The molecule has 0 aliphatic carbocycles. The number of nitrogens with zero attached hydrogens (tertiary/aromatic N) is 1. The maximum absolute atomic E-state index is 11.6. The number of hydrogen-bond donors (Lipinski definition) is 0. The third kappa shape index (κ3) is 4.86. The van der Waals surface area contributed by atoms with Gasteiger partial charge in [0.2, 0.25) is 5.76 Å². The highest BCUT2D eigenvalue weighted by atomic mass is 16.5. The van der Waals surface area contributed by atoms with Gasteiger partial charge < -0.3 is 13.9 Å². The molecule has 0 amide bonds. The number of carbonyl (C=O) groups excluding carboxylic acids is 1. The average molecular weight is 331 g/mol. The molecular weight excluding hydrogens is 306 g/mol. The van der Waals surface area contributed by atoms with E-state index in [0.717, 1.165) is 36.5 Å². The fourth-order valence-electron chi connectivity index (χ4n) is 2.61. The normalized spacial score (nSPS) is 10.9. The zero-order chi connectivity index (χ0) is 17.5. The van der Waals surface area contributed by atoms with Crippen LogP contribution in [0.4, 0.5) is 0 Å². The third-order valence-corrected chi connectivity index (χ3v) is 3.93. The summed E-state index contributed by atoms with van der Waals surface area (Å²) in [5.74, 6) is 1.52. The number of methoxy groups -OCH3 is 2. The lowest BCUT2D eigenvalue weighted by atomic mass is 10.1. The number of benzene rings is 1. The van der Waals surface area contributed by atoms with Gasteiger partial charge >= 0.3 is 5.97 Å². The van der Waals surface area contributed by atoms with Gasteiger partial charge in [-0.1, -0.05) is 12.1 Å². The number of ether oxygens (including phenoxy) is 2. The Bertz CT molecular complexity index is 661. The zero-order valence-corrected chi connectivity index (χ0v) is 14.8. The first-order valence-corrected chi connectivity index (χ1v) is 8.02. The summed E-state index contributed by atoms with van der Waals surface area (Å²) in [4.78, 5) is 13.8. The van der Waals surface area contributed by atoms with Crippen molar-refractivity contribution in [2.45, 2.75) is 26.3 Å². The van der Waals surface area contributed by atoms with Crippen molar-refractivity contribution in [3.05, 3.63) is 53.0 Å². The van der Waals surface area contributed by atoms with Gasteiger partial charge in [0.15, 0.2) is 0 Å². The van der Waals surface area contributed by atoms with Crippen LogP contribution in [-0.2, 0) is 17.7 Å². The van der Waals surface area contributed by atoms with E-state index in [2.05, 4.69) is 17.0 Å². The van der Waals surface area contributed by atoms with Gasteiger partial charge in [0.05, 0.1) is 20.8 Å². The fourth-order valence-corrected chi connectivity index (χ4v) is 2.61. The summed E-state index contributed by atoms with van der Waals surface area (Å²) in [7, 11) is 5.07. The first-order valence-electron chi connectivity index (χ1n) is 8.02. The molecule has 1 aromatic carbocycles. The summed E-state index contributed by atoms with van der Waals surface area (Å²) in [6.45, 7) is 3.46. The maximum atomic E-state index is 11.6. The standard InChI is InChI=1S/C19H25NO4/c1-14-12-17(24-18(14)19(21)23-4)13-20(2)11-5-6-15-7-9-16(22-3)10-8-15/h7-10,12H,5-6,11,13H2,1-4H3. The van der Waals surface area contributed by atoms with Crippen molar-refractivity contribution in [1.82, 2.24) is 4.90 Å². The first kappa shape index (κ1) is 18.1. The minimum atomic E-state index is -0.430. The summed E-state index contributed by atoms with van der Waals surface area (Å²) in [5, 5.41) is 0. The molecule has 24 heavy (non-hydrogen) atoms. The van der Waals surface area contributed by atoms with E-state index in [0.29, 0.717) is 12.3 Å². The molecule has 0 atom stereocenters. The Morgan fingerprint density at radius 2 is 1.92 bits per heavy atom. The molecule has 2 aromatic rings. The van der Waals surface area contributed by atoms with Crippen molar-refractivity contribution in [3.8, 4) is 5.75 Å². The van der Waals surface area contributed by atoms with Crippen LogP contribution in [0.3, 0.4) is 0 Å². The highest BCUT2D eigenvalue weighted by Crippen LogP contribution is 2.17. The molecule has 5 heteroatoms. The Labute approximate surface area is 143 Å². The Hall–Kier alpha value is -2.27. The van der Waals surface area contributed by atoms with E-state index in [-0.39, 0.29) is 0 Å². The van der Waals surface area contributed by atoms with Crippen LogP contribution in [0, 0.1) is 6.92 Å². The molecule has 0 saturated carbocycles. The monoisotopic (exact) mass is 331 g/mol. The topological polar surface area (TPSA) is 51.9 Å². The van der Waals surface area contributed by atoms with E-state index in [4.69, 9.17) is 13.9 Å². The number of aryl methyl sites for hydroxylation is 2. The van der Waals surface area contributed by atoms with Crippen LogP contribution < -0.4 is 4.74 Å². The molecule has 1 aromatic heterocycles. The Kier molecular flexibility index (Phi) is 6.44. The highest BCUT2D eigenvalue weighted by molar-refractivity contribution is 5.87. The minimum absolute atomic E-state index is 0.291. The summed E-state index contributed by atoms with van der Waals surface area (Å²) in [6, 6.07) is 10.1. The second kappa shape index (κ2) is 8.55. The molecule has 2 rings (SSSR count). The molecular formula is C19H25NO4. The van der Waals surface area contributed by atoms with Crippen molar-refractivity contribution in [1.29, 1.82) is 0 Å². The summed E-state index contributed by atoms with van der Waals surface area (Å²) in [5.41, 5.74) is 2.11. The van der Waals surface area contributed by atoms with Gasteiger partial charge in [-0.2, -0.15) is 0 Å². The molecule has 0 radical (unpaired) electrons. The largest absolute Gasteiger partial charge is 0.497 e. The average Bonchev–Trinajstić information content (AvgIpc) is 2.95. The van der Waals surface area contributed by atoms with Crippen molar-refractivity contribution in [3.63, 3.8) is 0 Å². The zero-order valence-electron chi connectivity index (χ0n) is 14.8. The van der Waals surface area contributed by atoms with E-state index >= 15 is 0 Å². The Morgan fingerprint density at radius 3 is 2.54 bits per heavy atom. The fraction of sp³-hybridized carbons (Fsp3) is 0.421. The summed E-state index contributed by atoms with van der Waals surface area (Å²) >= 11 is 0. The Morgan fingerprint density at radius 1 is 1.21 bits per heavy atom. The first-order chi connectivity index (χ1) is 11.5. The van der Waals surface area contributed by atoms with Crippen LogP contribution in [0.2, 0.25) is 0 Å². The predicted molar refractivity (Wildman–Crippen MR) is 92.4 cm³/mol. The molecule has 0 fully saturated rings. The van der Waals surface area contributed by atoms with Gasteiger partial charge in [-0.15, -0.1) is 0 Å². The lowest BCUT2D eigenvalue weighted by molar-refractivity contribution is 0.0560. The molecule has 130 valence electrons. The predicted octanol–water partition coefficient (Wildman–Crippen LogP) is 3.45. The third-order valence-electron chi connectivity index (χ3n) is 3.93. The number of rotatable bonds is 8. The summed E-state index contributed by atoms with van der Waals surface area (Å²) < 4.78 is 15.5. The minimum Gasteiger partial charge on any atom is -0.497 e. The molecule has 0 aliphatic heterocycles. The smallest absolute Gasteiger partial charge is 0.374 e. The van der Waals surface area contributed by atoms with Gasteiger partial charge in [0, 0.05) is 5.56 Å². The molecule has 0 bridgehead atoms. The van der Waals surface area contributed by atoms with E-state index < -0.39 is 5.97 Å². The lowest BCUT2D eigenvalue weighted by Gasteiger charge is -2.15. The molecule has 5 nitrogen and oxygen atoms in total. The number of hydrogen-bond acceptors (Lipinski definition) is 5. The molecule has 0 spiro atoms. The SMILES string of the molecule is COC(=O)c1oc(CN(C)CCCc2ccc(OC)cc2)cc1C. The van der Waals surface area contributed by atoms with Gasteiger partial charge in [0.25, 0.3) is 0 Å². The molecule has 0 N–H and O–H groups in total. The van der Waals surface area contributed by atoms with E-state index in [9.17, 15) is 4.79 Å². The van der Waals surface area contributed by atoms with E-state index in [1.807, 2.05) is 32.2 Å². The van der Waals surface area contributed by atoms with Gasteiger partial charge in [-0.25, -0.2) is 4.79 Å². The molecule has 1 heterocycles. The Balaban J connectivity index is 1.80. The van der Waals surface area contributed by atoms with Crippen molar-refractivity contribution >= 4 is 5.97 Å². The van der Waals surface area contributed by atoms with Gasteiger partial charge in [-0.05, 0) is 57.1 Å². The number of carbonyl (C=O) groups is 1. The molecule has 0 unspecified atom stereocenters. The van der Waals surface area contributed by atoms with Crippen LogP contribution in [0.15, 0.2) is 34.7 Å². The second-order valence-electron chi connectivity index (χ2n) is 5.91. The second-order valence-corrected chi connectivity index (χ2v) is 5.91. The van der Waals surface area contributed by atoms with Crippen LogP contribution in [-0.4, -0.2) is 38.7 Å². The van der Waals surface area contributed by atoms with E-state index in [1.165, 1.54) is 12.7 Å². The van der Waals surface area contributed by atoms with Gasteiger partial charge in [0.1, 0.15) is 11.5 Å². The molecule has 0 aliphatic rings. The maximum Gasteiger partial charge on any atom is 0.374 e. The van der Waals surface area contributed by atoms with Crippen LogP contribution in [0.5, 0.6) is 5.75 Å². The van der Waals surface area contributed by atoms with Crippen LogP contribution in [0.1, 0.15) is 33.9 Å². The lowest BCUT2D eigenvalue weighted by Crippen LogP contribution is -2.19. The van der Waals surface area contributed by atoms with Crippen molar-refractivity contribution in [2.24, 2.45) is 0 Å². The molecule has 0 saturated heterocycles. The number of furan rings is 1. The summed E-state index contributed by atoms with van der Waals surface area (Å²) in [6.07, 6.45) is 2.06. The van der Waals surface area contributed by atoms with Gasteiger partial charge in [-0.3, -0.25) is 4.90 Å². The van der Waals surface area contributed by atoms with Crippen molar-refractivity contribution < 1.29 is 18.7 Å². The number of esters is 1. The van der Waals surface area contributed by atoms with Crippen LogP contribution >= 0.6 is 0 Å². The van der Waals surface area contributed by atoms with E-state index in [1.54, 1.807) is 7.11 Å². The van der Waals surface area contributed by atoms with Crippen molar-refractivity contribution in [2.75, 3.05) is 27.8 Å². The highest BCUT2D eigenvalue weighted by Gasteiger charge is 2.16. The quantitative estimate of drug-likeness (QED) is 0.694.